The number of guanidine groups is 1. The number of hydrogen-bond donors (Lipinski definition) is 2. The molecule has 3 aromatic rings. The van der Waals surface area contributed by atoms with Crippen molar-refractivity contribution in [3.05, 3.63) is 83.0 Å². The molecule has 1 aromatic heterocycles. The van der Waals surface area contributed by atoms with Crippen molar-refractivity contribution in [2.75, 3.05) is 26.0 Å². The molecule has 2 aromatic carbocycles. The molecule has 0 saturated carbocycles. The van der Waals surface area contributed by atoms with Crippen LogP contribution >= 0.6 is 0 Å². The van der Waals surface area contributed by atoms with E-state index in [1.165, 1.54) is 4.90 Å². The van der Waals surface area contributed by atoms with Crippen LogP contribution in [0.15, 0.2) is 70.2 Å². The van der Waals surface area contributed by atoms with E-state index >= 15 is 0 Å². The van der Waals surface area contributed by atoms with Gasteiger partial charge in [-0.3, -0.25) is 14.9 Å². The molecule has 0 aliphatic carbocycles. The molecule has 0 unspecified atom stereocenters. The summed E-state index contributed by atoms with van der Waals surface area (Å²) in [5, 5.41) is 6.80. The maximum atomic E-state index is 12.6. The van der Waals surface area contributed by atoms with Gasteiger partial charge in [0.2, 0.25) is 11.8 Å². The summed E-state index contributed by atoms with van der Waals surface area (Å²) in [7, 11) is 3.30. The Morgan fingerprint density at radius 3 is 2.52 bits per heavy atom. The summed E-state index contributed by atoms with van der Waals surface area (Å²) in [5.41, 5.74) is 8.86. The highest BCUT2D eigenvalue weighted by Crippen LogP contribution is 2.15. The lowest BCUT2D eigenvalue weighted by atomic mass is 9.99. The molecular weight excluding hydrogens is 394 g/mol. The third-order valence-corrected chi connectivity index (χ3v) is 4.59. The molecule has 3 rings (SSSR count). The summed E-state index contributed by atoms with van der Waals surface area (Å²) in [6.45, 7) is -0.0507. The average molecular weight is 419 g/mol. The van der Waals surface area contributed by atoms with Gasteiger partial charge in [-0.2, -0.15) is 0 Å². The molecule has 31 heavy (non-hydrogen) atoms. The second-order valence-electron chi connectivity index (χ2n) is 7.19. The fourth-order valence-electron chi connectivity index (χ4n) is 2.85. The predicted octanol–water partition coefficient (Wildman–Crippen LogP) is 2.51. The molecule has 0 aliphatic rings. The zero-order valence-corrected chi connectivity index (χ0v) is 17.5. The van der Waals surface area contributed by atoms with Crippen LogP contribution in [0.3, 0.4) is 0 Å². The van der Waals surface area contributed by atoms with Crippen LogP contribution in [0, 0.1) is 0 Å². The number of likely N-dealkylation sites (N-methyl/N-ethyl adjacent to an activating group) is 1. The van der Waals surface area contributed by atoms with Crippen molar-refractivity contribution in [2.24, 2.45) is 10.7 Å². The van der Waals surface area contributed by atoms with E-state index in [0.717, 1.165) is 11.3 Å². The van der Waals surface area contributed by atoms with Crippen molar-refractivity contribution in [3.63, 3.8) is 0 Å². The minimum Gasteiger partial charge on any atom is -0.370 e. The second kappa shape index (κ2) is 10.2. The summed E-state index contributed by atoms with van der Waals surface area (Å²) in [4.78, 5) is 29.6. The number of aryl methyl sites for hydroxylation is 2. The molecule has 0 fully saturated rings. The Morgan fingerprint density at radius 2 is 1.77 bits per heavy atom. The number of anilines is 1. The van der Waals surface area contributed by atoms with Gasteiger partial charge in [0, 0.05) is 31.3 Å². The molecule has 1 heterocycles. The number of amides is 1. The van der Waals surface area contributed by atoms with Crippen LogP contribution in [0.4, 0.5) is 5.88 Å². The van der Waals surface area contributed by atoms with E-state index in [9.17, 15) is 9.59 Å². The second-order valence-corrected chi connectivity index (χ2v) is 7.19. The largest absolute Gasteiger partial charge is 0.370 e. The highest BCUT2D eigenvalue weighted by atomic mass is 16.5. The molecule has 0 saturated heterocycles. The third kappa shape index (κ3) is 6.27. The Bertz CT molecular complexity index is 1070. The van der Waals surface area contributed by atoms with E-state index in [1.54, 1.807) is 20.2 Å². The highest BCUT2D eigenvalue weighted by Gasteiger charge is 2.10. The molecule has 0 spiro atoms. The van der Waals surface area contributed by atoms with Gasteiger partial charge in [0.1, 0.15) is 6.54 Å². The van der Waals surface area contributed by atoms with Gasteiger partial charge >= 0.3 is 0 Å². The van der Waals surface area contributed by atoms with Crippen molar-refractivity contribution in [1.29, 1.82) is 0 Å². The fraction of sp³-hybridized carbons (Fsp3) is 0.217. The molecule has 0 aliphatic heterocycles. The summed E-state index contributed by atoms with van der Waals surface area (Å²) in [5.74, 6) is 0.264. The van der Waals surface area contributed by atoms with Crippen LogP contribution in [0.5, 0.6) is 0 Å². The van der Waals surface area contributed by atoms with Crippen molar-refractivity contribution in [1.82, 2.24) is 10.1 Å². The van der Waals surface area contributed by atoms with E-state index < -0.39 is 0 Å². The number of nitrogens with one attached hydrogen (secondary N) is 1. The standard InChI is InChI=1S/C23H25N5O3/c1-28(2)21(29)15-25-23(24)26-20-14-19(27-31-20)12-11-16-7-6-10-18(13-16)22(30)17-8-4-3-5-9-17/h3-10,13-14H,11-12,15H2,1-2H3,(H3,24,25,26). The number of aliphatic imine (C=N–C) groups is 1. The maximum Gasteiger partial charge on any atom is 0.243 e. The van der Waals surface area contributed by atoms with Crippen LogP contribution in [-0.2, 0) is 17.6 Å². The normalized spacial score (nSPS) is 11.2. The van der Waals surface area contributed by atoms with Gasteiger partial charge in [-0.25, -0.2) is 4.99 Å². The molecule has 0 atom stereocenters. The number of hydrogen-bond acceptors (Lipinski definition) is 5. The van der Waals surface area contributed by atoms with Crippen LogP contribution in [0.25, 0.3) is 0 Å². The minimum absolute atomic E-state index is 0.00196. The zero-order valence-electron chi connectivity index (χ0n) is 17.5. The van der Waals surface area contributed by atoms with Gasteiger partial charge in [-0.05, 0) is 24.5 Å². The van der Waals surface area contributed by atoms with Crippen LogP contribution in [0.2, 0.25) is 0 Å². The Balaban J connectivity index is 1.57. The SMILES string of the molecule is CN(C)C(=O)CN=C(N)Nc1cc(CCc2cccc(C(=O)c3ccccc3)c2)no1. The number of rotatable bonds is 8. The number of nitrogens with two attached hydrogens (primary N) is 1. The summed E-state index contributed by atoms with van der Waals surface area (Å²) >= 11 is 0. The van der Waals surface area contributed by atoms with Crippen LogP contribution in [0.1, 0.15) is 27.2 Å². The molecule has 0 radical (unpaired) electrons. The molecule has 8 nitrogen and oxygen atoms in total. The van der Waals surface area contributed by atoms with Gasteiger partial charge in [-0.15, -0.1) is 0 Å². The monoisotopic (exact) mass is 419 g/mol. The van der Waals surface area contributed by atoms with E-state index in [-0.39, 0.29) is 24.2 Å². The van der Waals surface area contributed by atoms with Crippen molar-refractivity contribution in [2.45, 2.75) is 12.8 Å². The number of carbonyl (C=O) groups is 2. The Hall–Kier alpha value is -3.94. The first kappa shape index (κ1) is 21.8. The Morgan fingerprint density at radius 1 is 1.03 bits per heavy atom. The topological polar surface area (TPSA) is 114 Å². The van der Waals surface area contributed by atoms with Gasteiger partial charge in [0.25, 0.3) is 0 Å². The number of benzene rings is 2. The predicted molar refractivity (Wildman–Crippen MR) is 119 cm³/mol. The van der Waals surface area contributed by atoms with Crippen molar-refractivity contribution < 1.29 is 14.1 Å². The third-order valence-electron chi connectivity index (χ3n) is 4.59. The lowest BCUT2D eigenvalue weighted by molar-refractivity contribution is -0.127. The highest BCUT2D eigenvalue weighted by molar-refractivity contribution is 6.09. The van der Waals surface area contributed by atoms with Gasteiger partial charge in [-0.1, -0.05) is 53.7 Å². The molecule has 0 bridgehead atoms. The smallest absolute Gasteiger partial charge is 0.243 e. The molecular formula is C23H25N5O3. The van der Waals surface area contributed by atoms with Gasteiger partial charge < -0.3 is 15.2 Å². The van der Waals surface area contributed by atoms with Gasteiger partial charge in [0.15, 0.2) is 11.7 Å². The summed E-state index contributed by atoms with van der Waals surface area (Å²) in [6, 6.07) is 18.5. The number of carbonyl (C=O) groups excluding carboxylic acids is 2. The summed E-state index contributed by atoms with van der Waals surface area (Å²) < 4.78 is 5.23. The number of ketones is 1. The van der Waals surface area contributed by atoms with Gasteiger partial charge in [0.05, 0.1) is 5.69 Å². The number of aromatic nitrogens is 1. The maximum absolute atomic E-state index is 12.6. The Kier molecular flexibility index (Phi) is 7.16. The fourth-order valence-corrected chi connectivity index (χ4v) is 2.85. The van der Waals surface area contributed by atoms with E-state index in [1.807, 2.05) is 54.6 Å². The first-order chi connectivity index (χ1) is 14.9. The lowest BCUT2D eigenvalue weighted by Crippen LogP contribution is -2.28. The van der Waals surface area contributed by atoms with E-state index in [4.69, 9.17) is 10.3 Å². The minimum atomic E-state index is -0.156. The van der Waals surface area contributed by atoms with Crippen molar-refractivity contribution in [3.8, 4) is 0 Å². The van der Waals surface area contributed by atoms with E-state index in [2.05, 4.69) is 15.5 Å². The lowest BCUT2D eigenvalue weighted by Gasteiger charge is -2.07. The molecule has 8 heteroatoms. The van der Waals surface area contributed by atoms with E-state index in [0.29, 0.717) is 29.9 Å². The molecule has 3 N–H and O–H groups in total. The molecule has 160 valence electrons. The quantitative estimate of drug-likeness (QED) is 0.329. The van der Waals surface area contributed by atoms with Crippen LogP contribution < -0.4 is 11.1 Å². The first-order valence-corrected chi connectivity index (χ1v) is 9.84. The zero-order chi connectivity index (χ0) is 22.2. The van der Waals surface area contributed by atoms with Crippen LogP contribution in [-0.4, -0.2) is 48.3 Å². The molecule has 1 amide bonds. The average Bonchev–Trinajstić information content (AvgIpc) is 3.23. The number of nitrogens with zero attached hydrogens (tertiary/aromatic N) is 3. The first-order valence-electron chi connectivity index (χ1n) is 9.84. The summed E-state index contributed by atoms with van der Waals surface area (Å²) in [6.07, 6.45) is 1.33. The van der Waals surface area contributed by atoms with Crippen molar-refractivity contribution >= 4 is 23.5 Å². The Labute approximate surface area is 180 Å².